The second kappa shape index (κ2) is 8.36. The molecule has 1 amide bonds. The molecule has 0 bridgehead atoms. The number of carbonyl (C=O) groups excluding carboxylic acids is 1. The van der Waals surface area contributed by atoms with Crippen molar-refractivity contribution in [2.75, 3.05) is 33.8 Å². The van der Waals surface area contributed by atoms with Gasteiger partial charge >= 0.3 is 0 Å². The van der Waals surface area contributed by atoms with Gasteiger partial charge in [0.2, 0.25) is 0 Å². The molecule has 6 nitrogen and oxygen atoms in total. The molecule has 1 fully saturated rings. The van der Waals surface area contributed by atoms with Gasteiger partial charge in [-0.3, -0.25) is 9.89 Å². The van der Waals surface area contributed by atoms with Crippen LogP contribution in [-0.4, -0.2) is 65.7 Å². The highest BCUT2D eigenvalue weighted by Crippen LogP contribution is 2.21. The van der Waals surface area contributed by atoms with Gasteiger partial charge in [-0.25, -0.2) is 0 Å². The van der Waals surface area contributed by atoms with Crippen molar-refractivity contribution in [3.8, 4) is 17.0 Å². The molecule has 1 atom stereocenters. The van der Waals surface area contributed by atoms with Crippen LogP contribution in [0.5, 0.6) is 5.75 Å². The molecule has 1 saturated heterocycles. The average molecular weight is 356 g/mol. The van der Waals surface area contributed by atoms with E-state index in [1.165, 1.54) is 25.9 Å². The Morgan fingerprint density at radius 1 is 1.31 bits per heavy atom. The van der Waals surface area contributed by atoms with Crippen molar-refractivity contribution < 1.29 is 9.53 Å². The summed E-state index contributed by atoms with van der Waals surface area (Å²) < 4.78 is 5.17. The molecule has 1 aliphatic heterocycles. The number of hydrogen-bond donors (Lipinski definition) is 1. The van der Waals surface area contributed by atoms with Gasteiger partial charge in [0.15, 0.2) is 0 Å². The van der Waals surface area contributed by atoms with Gasteiger partial charge in [0.1, 0.15) is 11.4 Å². The van der Waals surface area contributed by atoms with Gasteiger partial charge in [-0.2, -0.15) is 5.10 Å². The number of methoxy groups -OCH3 is 1. The van der Waals surface area contributed by atoms with E-state index in [1.54, 1.807) is 12.0 Å². The molecule has 0 saturated carbocycles. The van der Waals surface area contributed by atoms with Crippen LogP contribution in [0.1, 0.15) is 36.7 Å². The molecule has 2 aromatic rings. The molecule has 26 heavy (non-hydrogen) atoms. The van der Waals surface area contributed by atoms with Crippen molar-refractivity contribution >= 4 is 5.91 Å². The lowest BCUT2D eigenvalue weighted by atomic mass is 10.1. The first-order chi connectivity index (χ1) is 12.6. The summed E-state index contributed by atoms with van der Waals surface area (Å²) in [5, 5.41) is 7.16. The van der Waals surface area contributed by atoms with Crippen LogP contribution < -0.4 is 4.74 Å². The first kappa shape index (κ1) is 18.5. The number of likely N-dealkylation sites (tertiary alicyclic amines) is 1. The van der Waals surface area contributed by atoms with E-state index in [2.05, 4.69) is 22.0 Å². The van der Waals surface area contributed by atoms with Gasteiger partial charge < -0.3 is 14.5 Å². The third-order valence-corrected chi connectivity index (χ3v) is 5.19. The van der Waals surface area contributed by atoms with E-state index in [9.17, 15) is 4.79 Å². The number of hydrogen-bond acceptors (Lipinski definition) is 4. The Morgan fingerprint density at radius 2 is 2.00 bits per heavy atom. The van der Waals surface area contributed by atoms with Crippen LogP contribution in [0, 0.1) is 0 Å². The van der Waals surface area contributed by atoms with Crippen molar-refractivity contribution in [3.63, 3.8) is 0 Å². The van der Waals surface area contributed by atoms with Crippen LogP contribution in [0.25, 0.3) is 11.3 Å². The minimum atomic E-state index is -0.0223. The molecular formula is C20H28N4O2. The zero-order chi connectivity index (χ0) is 18.5. The van der Waals surface area contributed by atoms with Crippen LogP contribution >= 0.6 is 0 Å². The molecule has 1 aromatic carbocycles. The lowest BCUT2D eigenvalue weighted by molar-refractivity contribution is 0.0775. The van der Waals surface area contributed by atoms with E-state index in [0.29, 0.717) is 11.7 Å². The molecule has 0 radical (unpaired) electrons. The minimum absolute atomic E-state index is 0.0223. The van der Waals surface area contributed by atoms with Crippen molar-refractivity contribution in [1.82, 2.24) is 20.0 Å². The van der Waals surface area contributed by atoms with Gasteiger partial charge in [0.25, 0.3) is 5.91 Å². The maximum atomic E-state index is 12.6. The number of benzene rings is 1. The largest absolute Gasteiger partial charge is 0.497 e. The highest BCUT2D eigenvalue weighted by atomic mass is 16.5. The predicted octanol–water partition coefficient (Wildman–Crippen LogP) is 3.03. The Kier molecular flexibility index (Phi) is 5.93. The third kappa shape index (κ3) is 4.25. The summed E-state index contributed by atoms with van der Waals surface area (Å²) >= 11 is 0. The monoisotopic (exact) mass is 356 g/mol. The summed E-state index contributed by atoms with van der Waals surface area (Å²) in [6, 6.07) is 9.97. The summed E-state index contributed by atoms with van der Waals surface area (Å²) in [5.74, 6) is 0.776. The molecule has 0 aliphatic carbocycles. The van der Waals surface area contributed by atoms with Gasteiger partial charge in [-0.15, -0.1) is 0 Å². The number of ether oxygens (including phenoxy) is 1. The fourth-order valence-corrected chi connectivity index (χ4v) is 3.39. The average Bonchev–Trinajstić information content (AvgIpc) is 3.37. The summed E-state index contributed by atoms with van der Waals surface area (Å²) in [6.45, 7) is 5.37. The minimum Gasteiger partial charge on any atom is -0.497 e. The topological polar surface area (TPSA) is 61.5 Å². The number of rotatable bonds is 7. The van der Waals surface area contributed by atoms with E-state index in [4.69, 9.17) is 4.74 Å². The zero-order valence-corrected chi connectivity index (χ0v) is 15.9. The van der Waals surface area contributed by atoms with Crippen molar-refractivity contribution in [1.29, 1.82) is 0 Å². The quantitative estimate of drug-likeness (QED) is 0.828. The molecule has 1 aliphatic rings. The molecule has 3 rings (SSSR count). The van der Waals surface area contributed by atoms with Gasteiger partial charge in [0.05, 0.1) is 12.8 Å². The van der Waals surface area contributed by atoms with Gasteiger partial charge in [0, 0.05) is 25.2 Å². The number of nitrogens with zero attached hydrogens (tertiary/aromatic N) is 3. The Hall–Kier alpha value is -2.34. The fourth-order valence-electron chi connectivity index (χ4n) is 3.39. The molecule has 0 unspecified atom stereocenters. The Bertz CT molecular complexity index is 720. The van der Waals surface area contributed by atoms with Crippen LogP contribution in [0.2, 0.25) is 0 Å². The molecule has 140 valence electrons. The van der Waals surface area contributed by atoms with E-state index in [1.807, 2.05) is 37.4 Å². The Labute approximate surface area is 155 Å². The van der Waals surface area contributed by atoms with Crippen LogP contribution in [0.4, 0.5) is 0 Å². The van der Waals surface area contributed by atoms with E-state index >= 15 is 0 Å². The Balaban J connectivity index is 1.57. The molecule has 0 spiro atoms. The molecule has 6 heteroatoms. The summed E-state index contributed by atoms with van der Waals surface area (Å²) in [6.07, 6.45) is 3.57. The first-order valence-electron chi connectivity index (χ1n) is 9.28. The van der Waals surface area contributed by atoms with Crippen molar-refractivity contribution in [2.24, 2.45) is 0 Å². The summed E-state index contributed by atoms with van der Waals surface area (Å²) in [7, 11) is 3.49. The zero-order valence-electron chi connectivity index (χ0n) is 15.9. The molecule has 1 aromatic heterocycles. The Morgan fingerprint density at radius 3 is 2.65 bits per heavy atom. The maximum absolute atomic E-state index is 12.6. The number of nitrogens with one attached hydrogen (secondary N) is 1. The number of aromatic nitrogens is 2. The highest BCUT2D eigenvalue weighted by molar-refractivity contribution is 5.93. The normalized spacial score (nSPS) is 15.8. The van der Waals surface area contributed by atoms with E-state index in [-0.39, 0.29) is 5.91 Å². The van der Waals surface area contributed by atoms with Crippen molar-refractivity contribution in [3.05, 3.63) is 36.0 Å². The van der Waals surface area contributed by atoms with Crippen LogP contribution in [-0.2, 0) is 0 Å². The van der Waals surface area contributed by atoms with Gasteiger partial charge in [-0.05, 0) is 69.6 Å². The second-order valence-electron chi connectivity index (χ2n) is 7.00. The standard InChI is InChI=1S/C20H28N4O2/c1-15(24-11-4-5-12-24)10-13-23(2)20(25)19-14-18(21-22-19)16-6-8-17(26-3)9-7-16/h6-9,14-15H,4-5,10-13H2,1-3H3,(H,21,22)/t15-/m1/s1. The van der Waals surface area contributed by atoms with E-state index < -0.39 is 0 Å². The highest BCUT2D eigenvalue weighted by Gasteiger charge is 2.20. The molecule has 2 heterocycles. The SMILES string of the molecule is COc1ccc(-c2cc(C(=O)N(C)CC[C@@H](C)N3CCCC3)[nH]n2)cc1. The smallest absolute Gasteiger partial charge is 0.271 e. The second-order valence-corrected chi connectivity index (χ2v) is 7.00. The van der Waals surface area contributed by atoms with Crippen molar-refractivity contribution in [2.45, 2.75) is 32.2 Å². The molecular weight excluding hydrogens is 328 g/mol. The van der Waals surface area contributed by atoms with Gasteiger partial charge in [-0.1, -0.05) is 0 Å². The maximum Gasteiger partial charge on any atom is 0.271 e. The number of carbonyl (C=O) groups is 1. The number of H-pyrrole nitrogens is 1. The summed E-state index contributed by atoms with van der Waals surface area (Å²) in [4.78, 5) is 16.9. The van der Waals surface area contributed by atoms with Crippen LogP contribution in [0.3, 0.4) is 0 Å². The lowest BCUT2D eigenvalue weighted by Crippen LogP contribution is -2.35. The third-order valence-electron chi connectivity index (χ3n) is 5.19. The fraction of sp³-hybridized carbons (Fsp3) is 0.500. The summed E-state index contributed by atoms with van der Waals surface area (Å²) in [5.41, 5.74) is 2.23. The van der Waals surface area contributed by atoms with Crippen LogP contribution in [0.15, 0.2) is 30.3 Å². The number of amides is 1. The predicted molar refractivity (Wildman–Crippen MR) is 102 cm³/mol. The number of aromatic amines is 1. The lowest BCUT2D eigenvalue weighted by Gasteiger charge is -2.26. The molecule has 1 N–H and O–H groups in total. The van der Waals surface area contributed by atoms with E-state index in [0.717, 1.165) is 30.0 Å². The first-order valence-corrected chi connectivity index (χ1v) is 9.28.